The molecule has 1 N–H and O–H groups in total. The monoisotopic (exact) mass is 368 g/mol. The predicted molar refractivity (Wildman–Crippen MR) is 102 cm³/mol. The van der Waals surface area contributed by atoms with E-state index in [0.29, 0.717) is 24.0 Å². The molecule has 1 unspecified atom stereocenters. The standard InChI is InChI=1S/C20H24N4O3/c1-14-20(26)23(16-8-4-5-9-17(16)27-14)13-11-19(25)22-18-10-12-21-24(18)15-6-2-3-7-15/h4-5,8-10,12,14-15H,2-3,6-7,11,13H2,1H3,(H,22,25). The van der Waals surface area contributed by atoms with Crippen LogP contribution in [0.5, 0.6) is 5.75 Å². The number of fused-ring (bicyclic) bond motifs is 1. The number of para-hydroxylation sites is 2. The van der Waals surface area contributed by atoms with Crippen LogP contribution in [-0.2, 0) is 9.59 Å². The van der Waals surface area contributed by atoms with E-state index in [4.69, 9.17) is 4.74 Å². The molecule has 0 saturated heterocycles. The van der Waals surface area contributed by atoms with Gasteiger partial charge in [-0.2, -0.15) is 5.10 Å². The van der Waals surface area contributed by atoms with Crippen LogP contribution < -0.4 is 15.0 Å². The first-order chi connectivity index (χ1) is 13.1. The van der Waals surface area contributed by atoms with E-state index in [-0.39, 0.29) is 18.2 Å². The largest absolute Gasteiger partial charge is 0.479 e. The molecule has 1 aromatic carbocycles. The van der Waals surface area contributed by atoms with Crippen molar-refractivity contribution in [1.29, 1.82) is 0 Å². The zero-order chi connectivity index (χ0) is 18.8. The molecule has 1 fully saturated rings. The summed E-state index contributed by atoms with van der Waals surface area (Å²) >= 11 is 0. The van der Waals surface area contributed by atoms with E-state index < -0.39 is 6.10 Å². The van der Waals surface area contributed by atoms with E-state index in [2.05, 4.69) is 10.4 Å². The van der Waals surface area contributed by atoms with Crippen molar-refractivity contribution < 1.29 is 14.3 Å². The highest BCUT2D eigenvalue weighted by Crippen LogP contribution is 2.34. The lowest BCUT2D eigenvalue weighted by atomic mass is 10.1. The number of ether oxygens (including phenoxy) is 1. The van der Waals surface area contributed by atoms with E-state index in [9.17, 15) is 9.59 Å². The quantitative estimate of drug-likeness (QED) is 0.880. The van der Waals surface area contributed by atoms with E-state index in [1.807, 2.05) is 35.0 Å². The number of carbonyl (C=O) groups excluding carboxylic acids is 2. The van der Waals surface area contributed by atoms with Gasteiger partial charge in [0.25, 0.3) is 5.91 Å². The number of aromatic nitrogens is 2. The average molecular weight is 368 g/mol. The molecule has 2 aromatic rings. The Morgan fingerprint density at radius 2 is 2.04 bits per heavy atom. The molecule has 4 rings (SSSR count). The number of rotatable bonds is 5. The summed E-state index contributed by atoms with van der Waals surface area (Å²) in [5, 5.41) is 7.32. The molecule has 2 aliphatic rings. The molecule has 7 nitrogen and oxygen atoms in total. The van der Waals surface area contributed by atoms with Gasteiger partial charge < -0.3 is 15.0 Å². The number of amides is 2. The maximum atomic E-state index is 12.5. The summed E-state index contributed by atoms with van der Waals surface area (Å²) in [6.45, 7) is 2.04. The van der Waals surface area contributed by atoms with Gasteiger partial charge in [0.15, 0.2) is 6.10 Å². The van der Waals surface area contributed by atoms with Crippen LogP contribution in [0.4, 0.5) is 11.5 Å². The average Bonchev–Trinajstić information content (AvgIpc) is 3.33. The zero-order valence-electron chi connectivity index (χ0n) is 15.4. The fourth-order valence-electron chi connectivity index (χ4n) is 3.86. The summed E-state index contributed by atoms with van der Waals surface area (Å²) < 4.78 is 7.55. The lowest BCUT2D eigenvalue weighted by Gasteiger charge is -2.32. The van der Waals surface area contributed by atoms with Crippen molar-refractivity contribution in [3.8, 4) is 5.75 Å². The Morgan fingerprint density at radius 1 is 1.26 bits per heavy atom. The second kappa shape index (κ2) is 7.42. The van der Waals surface area contributed by atoms with Gasteiger partial charge in [0.2, 0.25) is 5.91 Å². The molecule has 142 valence electrons. The van der Waals surface area contributed by atoms with Gasteiger partial charge in [-0.1, -0.05) is 25.0 Å². The Kier molecular flexibility index (Phi) is 4.83. The topological polar surface area (TPSA) is 76.5 Å². The van der Waals surface area contributed by atoms with Gasteiger partial charge in [0.05, 0.1) is 17.9 Å². The van der Waals surface area contributed by atoms with Gasteiger partial charge in [-0.05, 0) is 31.9 Å². The van der Waals surface area contributed by atoms with Crippen LogP contribution in [0.3, 0.4) is 0 Å². The summed E-state index contributed by atoms with van der Waals surface area (Å²) in [7, 11) is 0. The van der Waals surface area contributed by atoms with E-state index in [1.165, 1.54) is 12.8 Å². The van der Waals surface area contributed by atoms with Crippen molar-refractivity contribution in [1.82, 2.24) is 9.78 Å². The number of carbonyl (C=O) groups is 2. The molecule has 1 aliphatic carbocycles. The van der Waals surface area contributed by atoms with E-state index in [1.54, 1.807) is 18.0 Å². The van der Waals surface area contributed by atoms with Crippen LogP contribution >= 0.6 is 0 Å². The lowest BCUT2D eigenvalue weighted by Crippen LogP contribution is -2.45. The molecule has 0 spiro atoms. The summed E-state index contributed by atoms with van der Waals surface area (Å²) in [4.78, 5) is 26.6. The van der Waals surface area contributed by atoms with Crippen LogP contribution in [0.2, 0.25) is 0 Å². The fourth-order valence-corrected chi connectivity index (χ4v) is 3.86. The summed E-state index contributed by atoms with van der Waals surface area (Å²) in [6, 6.07) is 9.60. The van der Waals surface area contributed by atoms with Gasteiger partial charge in [-0.3, -0.25) is 9.59 Å². The molecule has 27 heavy (non-hydrogen) atoms. The third-order valence-corrected chi connectivity index (χ3v) is 5.24. The van der Waals surface area contributed by atoms with Crippen molar-refractivity contribution in [2.24, 2.45) is 0 Å². The maximum absolute atomic E-state index is 12.5. The molecule has 0 bridgehead atoms. The van der Waals surface area contributed by atoms with Crippen LogP contribution in [-0.4, -0.2) is 34.2 Å². The third kappa shape index (κ3) is 3.54. The Bertz CT molecular complexity index is 841. The minimum absolute atomic E-state index is 0.126. The molecule has 7 heteroatoms. The van der Waals surface area contributed by atoms with Gasteiger partial charge in [-0.15, -0.1) is 0 Å². The number of hydrogen-bond acceptors (Lipinski definition) is 4. The SMILES string of the molecule is CC1Oc2ccccc2N(CCC(=O)Nc2ccnn2C2CCCC2)C1=O. The third-order valence-electron chi connectivity index (χ3n) is 5.24. The summed E-state index contributed by atoms with van der Waals surface area (Å²) in [5.74, 6) is 1.15. The number of nitrogens with zero attached hydrogens (tertiary/aromatic N) is 3. The zero-order valence-corrected chi connectivity index (χ0v) is 15.4. The summed E-state index contributed by atoms with van der Waals surface area (Å²) in [6.07, 6.45) is 5.98. The Hall–Kier alpha value is -2.83. The molecule has 1 aromatic heterocycles. The van der Waals surface area contributed by atoms with Crippen molar-refractivity contribution in [2.45, 2.75) is 51.2 Å². The molecule has 1 saturated carbocycles. The second-order valence-corrected chi connectivity index (χ2v) is 7.12. The fraction of sp³-hybridized carbons (Fsp3) is 0.450. The maximum Gasteiger partial charge on any atom is 0.267 e. The van der Waals surface area contributed by atoms with Crippen LogP contribution in [0, 0.1) is 0 Å². The Balaban J connectivity index is 1.41. The summed E-state index contributed by atoms with van der Waals surface area (Å²) in [5.41, 5.74) is 0.712. The molecule has 0 radical (unpaired) electrons. The Labute approximate surface area is 158 Å². The molecular weight excluding hydrogens is 344 g/mol. The normalized spacial score (nSPS) is 19.7. The van der Waals surface area contributed by atoms with Crippen molar-refractivity contribution in [3.05, 3.63) is 36.5 Å². The van der Waals surface area contributed by atoms with Crippen molar-refractivity contribution >= 4 is 23.3 Å². The molecule has 1 aliphatic heterocycles. The smallest absolute Gasteiger partial charge is 0.267 e. The highest BCUT2D eigenvalue weighted by molar-refractivity contribution is 6.00. The highest BCUT2D eigenvalue weighted by Gasteiger charge is 2.31. The van der Waals surface area contributed by atoms with Crippen LogP contribution in [0.25, 0.3) is 0 Å². The van der Waals surface area contributed by atoms with Crippen molar-refractivity contribution in [2.75, 3.05) is 16.8 Å². The molecule has 1 atom stereocenters. The van der Waals surface area contributed by atoms with E-state index >= 15 is 0 Å². The minimum atomic E-state index is -0.549. The first-order valence-corrected chi connectivity index (χ1v) is 9.54. The molecule has 2 amide bonds. The number of benzene rings is 1. The molecular formula is C20H24N4O3. The van der Waals surface area contributed by atoms with Gasteiger partial charge in [0.1, 0.15) is 11.6 Å². The predicted octanol–water partition coefficient (Wildman–Crippen LogP) is 3.14. The van der Waals surface area contributed by atoms with Gasteiger partial charge in [0, 0.05) is 19.0 Å². The van der Waals surface area contributed by atoms with Crippen LogP contribution in [0.1, 0.15) is 45.1 Å². The number of hydrogen-bond donors (Lipinski definition) is 1. The van der Waals surface area contributed by atoms with Gasteiger partial charge >= 0.3 is 0 Å². The number of anilines is 2. The van der Waals surface area contributed by atoms with Gasteiger partial charge in [-0.25, -0.2) is 4.68 Å². The second-order valence-electron chi connectivity index (χ2n) is 7.12. The van der Waals surface area contributed by atoms with Crippen LogP contribution in [0.15, 0.2) is 36.5 Å². The first-order valence-electron chi connectivity index (χ1n) is 9.54. The minimum Gasteiger partial charge on any atom is -0.479 e. The Morgan fingerprint density at radius 3 is 2.85 bits per heavy atom. The lowest BCUT2D eigenvalue weighted by molar-refractivity contribution is -0.125. The van der Waals surface area contributed by atoms with Crippen molar-refractivity contribution in [3.63, 3.8) is 0 Å². The molecule has 2 heterocycles. The van der Waals surface area contributed by atoms with E-state index in [0.717, 1.165) is 18.7 Å². The highest BCUT2D eigenvalue weighted by atomic mass is 16.5. The first kappa shape index (κ1) is 17.6. The number of nitrogens with one attached hydrogen (secondary N) is 1.